The monoisotopic (exact) mass is 306 g/mol. The molecule has 1 heterocycles. The maximum atomic E-state index is 12.3. The molecule has 4 nitrogen and oxygen atoms in total. The largest absolute Gasteiger partial charge is 0.355 e. The Morgan fingerprint density at radius 1 is 1.00 bits per heavy atom. The molecular formula is C19H18N2O2. The van der Waals surface area contributed by atoms with E-state index in [0.29, 0.717) is 17.9 Å². The van der Waals surface area contributed by atoms with Crippen molar-refractivity contribution in [1.82, 2.24) is 10.5 Å². The van der Waals surface area contributed by atoms with Crippen molar-refractivity contribution in [1.29, 1.82) is 0 Å². The first-order chi connectivity index (χ1) is 11.3. The average molecular weight is 306 g/mol. The molecule has 2 aromatic carbocycles. The zero-order chi connectivity index (χ0) is 15.9. The lowest BCUT2D eigenvalue weighted by Gasteiger charge is -2.05. The number of carbonyl (C=O) groups excluding carboxylic acids is 1. The molecule has 3 aromatic rings. The van der Waals surface area contributed by atoms with Crippen LogP contribution in [-0.2, 0) is 6.42 Å². The third kappa shape index (κ3) is 3.86. The fourth-order valence-corrected chi connectivity index (χ4v) is 2.43. The Kier molecular flexibility index (Phi) is 4.84. The van der Waals surface area contributed by atoms with E-state index in [1.165, 1.54) is 11.8 Å². The summed E-state index contributed by atoms with van der Waals surface area (Å²) in [6, 6.07) is 19.8. The highest BCUT2D eigenvalue weighted by Crippen LogP contribution is 2.22. The molecule has 0 aliphatic heterocycles. The number of nitrogens with zero attached hydrogens (tertiary/aromatic N) is 1. The summed E-state index contributed by atoms with van der Waals surface area (Å²) in [7, 11) is 0. The van der Waals surface area contributed by atoms with Crippen molar-refractivity contribution in [3.05, 3.63) is 78.0 Å². The van der Waals surface area contributed by atoms with Gasteiger partial charge < -0.3 is 9.84 Å². The normalized spacial score (nSPS) is 10.4. The van der Waals surface area contributed by atoms with E-state index in [1.807, 2.05) is 48.5 Å². The summed E-state index contributed by atoms with van der Waals surface area (Å²) in [5.41, 5.74) is 2.59. The number of nitrogens with one attached hydrogen (secondary N) is 1. The zero-order valence-corrected chi connectivity index (χ0v) is 12.7. The predicted molar refractivity (Wildman–Crippen MR) is 89.0 cm³/mol. The summed E-state index contributed by atoms with van der Waals surface area (Å²) in [6.45, 7) is 0.618. The molecule has 3 rings (SSSR count). The molecule has 0 radical (unpaired) electrons. The van der Waals surface area contributed by atoms with Crippen LogP contribution in [-0.4, -0.2) is 17.6 Å². The summed E-state index contributed by atoms with van der Waals surface area (Å²) in [4.78, 5) is 12.3. The summed E-state index contributed by atoms with van der Waals surface area (Å²) in [6.07, 6.45) is 3.30. The summed E-state index contributed by atoms with van der Waals surface area (Å²) in [5, 5.41) is 6.69. The minimum Gasteiger partial charge on any atom is -0.355 e. The van der Waals surface area contributed by atoms with Gasteiger partial charge in [0.1, 0.15) is 5.56 Å². The number of hydrogen-bond acceptors (Lipinski definition) is 3. The standard InChI is InChI=1S/C19H18N2O2/c22-19(20-13-7-10-15-8-3-1-4-9-15)17-14-21-23-18(17)16-11-5-2-6-12-16/h1-6,8-9,11-12,14H,7,10,13H2,(H,20,22). The molecule has 0 fully saturated rings. The third-order valence-corrected chi connectivity index (χ3v) is 3.62. The van der Waals surface area contributed by atoms with E-state index in [1.54, 1.807) is 0 Å². The van der Waals surface area contributed by atoms with E-state index in [-0.39, 0.29) is 5.91 Å². The van der Waals surface area contributed by atoms with Crippen LogP contribution in [0.3, 0.4) is 0 Å². The molecule has 0 aliphatic rings. The molecule has 0 bridgehead atoms. The molecule has 4 heteroatoms. The molecule has 0 atom stereocenters. The molecule has 0 saturated carbocycles. The average Bonchev–Trinajstić information content (AvgIpc) is 3.10. The van der Waals surface area contributed by atoms with Crippen LogP contribution in [0.1, 0.15) is 22.3 Å². The molecule has 1 aromatic heterocycles. The van der Waals surface area contributed by atoms with Crippen LogP contribution >= 0.6 is 0 Å². The van der Waals surface area contributed by atoms with Crippen LogP contribution < -0.4 is 5.32 Å². The molecule has 0 spiro atoms. The smallest absolute Gasteiger partial charge is 0.256 e. The molecular weight excluding hydrogens is 288 g/mol. The maximum absolute atomic E-state index is 12.3. The first-order valence-corrected chi connectivity index (χ1v) is 7.67. The summed E-state index contributed by atoms with van der Waals surface area (Å²) >= 11 is 0. The van der Waals surface area contributed by atoms with Crippen LogP contribution in [0.4, 0.5) is 0 Å². The summed E-state index contributed by atoms with van der Waals surface area (Å²) < 4.78 is 5.24. The second-order valence-electron chi connectivity index (χ2n) is 5.28. The van der Waals surface area contributed by atoms with Gasteiger partial charge in [-0.2, -0.15) is 0 Å². The number of carbonyl (C=O) groups is 1. The predicted octanol–water partition coefficient (Wildman–Crippen LogP) is 3.70. The number of hydrogen-bond donors (Lipinski definition) is 1. The van der Waals surface area contributed by atoms with E-state index < -0.39 is 0 Å². The van der Waals surface area contributed by atoms with Gasteiger partial charge in [-0.1, -0.05) is 65.8 Å². The third-order valence-electron chi connectivity index (χ3n) is 3.62. The number of benzene rings is 2. The van der Waals surface area contributed by atoms with E-state index >= 15 is 0 Å². The highest BCUT2D eigenvalue weighted by Gasteiger charge is 2.17. The van der Waals surface area contributed by atoms with Crippen LogP contribution in [0.25, 0.3) is 11.3 Å². The van der Waals surface area contributed by atoms with Gasteiger partial charge in [-0.05, 0) is 18.4 Å². The van der Waals surface area contributed by atoms with Gasteiger partial charge in [-0.15, -0.1) is 0 Å². The quantitative estimate of drug-likeness (QED) is 0.706. The van der Waals surface area contributed by atoms with Gasteiger partial charge >= 0.3 is 0 Å². The number of aryl methyl sites for hydroxylation is 1. The van der Waals surface area contributed by atoms with Crippen molar-refractivity contribution >= 4 is 5.91 Å². The van der Waals surface area contributed by atoms with Gasteiger partial charge in [0.25, 0.3) is 5.91 Å². The first-order valence-electron chi connectivity index (χ1n) is 7.67. The molecule has 1 N–H and O–H groups in total. The highest BCUT2D eigenvalue weighted by atomic mass is 16.5. The van der Waals surface area contributed by atoms with Gasteiger partial charge in [0, 0.05) is 12.1 Å². The van der Waals surface area contributed by atoms with Crippen molar-refractivity contribution in [2.24, 2.45) is 0 Å². The molecule has 1 amide bonds. The Morgan fingerprint density at radius 3 is 2.43 bits per heavy atom. The molecule has 0 saturated heterocycles. The molecule has 0 aliphatic carbocycles. The Morgan fingerprint density at radius 2 is 1.70 bits per heavy atom. The van der Waals surface area contributed by atoms with Crippen molar-refractivity contribution in [3.63, 3.8) is 0 Å². The van der Waals surface area contributed by atoms with Gasteiger partial charge in [0.2, 0.25) is 0 Å². The van der Waals surface area contributed by atoms with Gasteiger partial charge in [0.15, 0.2) is 5.76 Å². The van der Waals surface area contributed by atoms with E-state index in [4.69, 9.17) is 4.52 Å². The Balaban J connectivity index is 1.56. The molecule has 23 heavy (non-hydrogen) atoms. The Hall–Kier alpha value is -2.88. The maximum Gasteiger partial charge on any atom is 0.256 e. The number of rotatable bonds is 6. The van der Waals surface area contributed by atoms with Crippen LogP contribution in [0.15, 0.2) is 71.4 Å². The van der Waals surface area contributed by atoms with Gasteiger partial charge in [0.05, 0.1) is 6.20 Å². The Labute approximate surface area is 135 Å². The molecule has 116 valence electrons. The lowest BCUT2D eigenvalue weighted by Crippen LogP contribution is -2.24. The second-order valence-corrected chi connectivity index (χ2v) is 5.28. The van der Waals surface area contributed by atoms with Crippen molar-refractivity contribution < 1.29 is 9.32 Å². The van der Waals surface area contributed by atoms with Gasteiger partial charge in [-0.25, -0.2) is 0 Å². The number of aromatic nitrogens is 1. The van der Waals surface area contributed by atoms with E-state index in [0.717, 1.165) is 18.4 Å². The number of amides is 1. The van der Waals surface area contributed by atoms with E-state index in [9.17, 15) is 4.79 Å². The van der Waals surface area contributed by atoms with Crippen LogP contribution in [0.5, 0.6) is 0 Å². The Bertz CT molecular complexity index is 751. The highest BCUT2D eigenvalue weighted by molar-refractivity contribution is 5.99. The minimum atomic E-state index is -0.154. The van der Waals surface area contributed by atoms with Crippen LogP contribution in [0.2, 0.25) is 0 Å². The van der Waals surface area contributed by atoms with Crippen molar-refractivity contribution in [2.75, 3.05) is 6.54 Å². The fourth-order valence-electron chi connectivity index (χ4n) is 2.43. The lowest BCUT2D eigenvalue weighted by atomic mass is 10.1. The molecule has 0 unspecified atom stereocenters. The fraction of sp³-hybridized carbons (Fsp3) is 0.158. The minimum absolute atomic E-state index is 0.154. The zero-order valence-electron chi connectivity index (χ0n) is 12.7. The first kappa shape index (κ1) is 15.0. The van der Waals surface area contributed by atoms with Crippen molar-refractivity contribution in [3.8, 4) is 11.3 Å². The van der Waals surface area contributed by atoms with Crippen LogP contribution in [0, 0.1) is 0 Å². The SMILES string of the molecule is O=C(NCCCc1ccccc1)c1cnoc1-c1ccccc1. The van der Waals surface area contributed by atoms with Crippen molar-refractivity contribution in [2.45, 2.75) is 12.8 Å². The van der Waals surface area contributed by atoms with Gasteiger partial charge in [-0.3, -0.25) is 4.79 Å². The van der Waals surface area contributed by atoms with E-state index in [2.05, 4.69) is 22.6 Å². The topological polar surface area (TPSA) is 55.1 Å². The summed E-state index contributed by atoms with van der Waals surface area (Å²) in [5.74, 6) is 0.351. The second kappa shape index (κ2) is 7.40. The lowest BCUT2D eigenvalue weighted by molar-refractivity contribution is 0.0953.